The largest absolute Gasteiger partial charge is 0.332 e. The quantitative estimate of drug-likeness (QED) is 0.796. The molecule has 5 nitrogen and oxygen atoms in total. The summed E-state index contributed by atoms with van der Waals surface area (Å²) in [6.45, 7) is 6.31. The van der Waals surface area contributed by atoms with Crippen LogP contribution in [0.2, 0.25) is 0 Å². The lowest BCUT2D eigenvalue weighted by molar-refractivity contribution is -0.127. The summed E-state index contributed by atoms with van der Waals surface area (Å²) < 4.78 is 0. The average Bonchev–Trinajstić information content (AvgIpc) is 2.93. The number of hydrogen-bond donors (Lipinski definition) is 0. The molecular formula is C22H34N4O. The molecule has 0 aromatic carbocycles. The SMILES string of the molecule is CC(C)C(=O)C1CCC(Cc2cnc(N3C4CCC3CN(C)C4)nc2)CC1. The molecule has 3 fully saturated rings. The molecule has 0 radical (unpaired) electrons. The predicted molar refractivity (Wildman–Crippen MR) is 108 cm³/mol. The monoisotopic (exact) mass is 370 g/mol. The van der Waals surface area contributed by atoms with E-state index in [9.17, 15) is 4.79 Å². The Bertz CT molecular complexity index is 637. The van der Waals surface area contributed by atoms with Crippen molar-refractivity contribution in [2.75, 3.05) is 25.0 Å². The van der Waals surface area contributed by atoms with Crippen molar-refractivity contribution < 1.29 is 4.79 Å². The molecule has 2 unspecified atom stereocenters. The number of anilines is 1. The van der Waals surface area contributed by atoms with Gasteiger partial charge in [-0.1, -0.05) is 13.8 Å². The molecule has 2 saturated heterocycles. The van der Waals surface area contributed by atoms with Gasteiger partial charge in [0.15, 0.2) is 0 Å². The van der Waals surface area contributed by atoms with E-state index in [4.69, 9.17) is 9.97 Å². The average molecular weight is 371 g/mol. The highest BCUT2D eigenvalue weighted by Gasteiger charge is 2.40. The van der Waals surface area contributed by atoms with Crippen LogP contribution < -0.4 is 4.90 Å². The second kappa shape index (κ2) is 7.86. The van der Waals surface area contributed by atoms with Crippen molar-refractivity contribution in [2.45, 2.75) is 70.9 Å². The number of nitrogens with zero attached hydrogens (tertiary/aromatic N) is 4. The van der Waals surface area contributed by atoms with Crippen molar-refractivity contribution in [3.05, 3.63) is 18.0 Å². The number of ketones is 1. The van der Waals surface area contributed by atoms with Gasteiger partial charge in [0.25, 0.3) is 0 Å². The van der Waals surface area contributed by atoms with Crippen LogP contribution in [0.1, 0.15) is 57.9 Å². The Kier molecular flexibility index (Phi) is 5.49. The molecule has 148 valence electrons. The third-order valence-electron chi connectivity index (χ3n) is 6.93. The molecule has 0 amide bonds. The Hall–Kier alpha value is -1.49. The molecule has 1 aliphatic carbocycles. The minimum absolute atomic E-state index is 0.178. The van der Waals surface area contributed by atoms with Gasteiger partial charge in [-0.25, -0.2) is 9.97 Å². The maximum absolute atomic E-state index is 12.2. The van der Waals surface area contributed by atoms with E-state index < -0.39 is 0 Å². The van der Waals surface area contributed by atoms with E-state index in [-0.39, 0.29) is 5.92 Å². The van der Waals surface area contributed by atoms with Crippen molar-refractivity contribution in [1.82, 2.24) is 14.9 Å². The van der Waals surface area contributed by atoms with E-state index in [1.54, 1.807) is 0 Å². The molecule has 2 bridgehead atoms. The number of hydrogen-bond acceptors (Lipinski definition) is 5. The third kappa shape index (κ3) is 4.03. The smallest absolute Gasteiger partial charge is 0.225 e. The van der Waals surface area contributed by atoms with Crippen LogP contribution in [-0.4, -0.2) is 52.9 Å². The Morgan fingerprint density at radius 3 is 2.19 bits per heavy atom. The predicted octanol–water partition coefficient (Wildman–Crippen LogP) is 3.33. The number of piperazine rings is 1. The van der Waals surface area contributed by atoms with Gasteiger partial charge in [-0.2, -0.15) is 0 Å². The zero-order valence-corrected chi connectivity index (χ0v) is 17.1. The van der Waals surface area contributed by atoms with E-state index in [0.29, 0.717) is 29.7 Å². The zero-order valence-electron chi connectivity index (χ0n) is 17.1. The highest BCUT2D eigenvalue weighted by atomic mass is 16.1. The van der Waals surface area contributed by atoms with Crippen molar-refractivity contribution in [3.63, 3.8) is 0 Å². The molecule has 27 heavy (non-hydrogen) atoms. The molecule has 0 spiro atoms. The van der Waals surface area contributed by atoms with Crippen LogP contribution in [0, 0.1) is 17.8 Å². The van der Waals surface area contributed by atoms with Gasteiger partial charge in [0.1, 0.15) is 5.78 Å². The number of likely N-dealkylation sites (N-methyl/N-ethyl adjacent to an activating group) is 1. The second-order valence-corrected chi connectivity index (χ2v) is 9.38. The van der Waals surface area contributed by atoms with Crippen LogP contribution in [0.15, 0.2) is 12.4 Å². The third-order valence-corrected chi connectivity index (χ3v) is 6.93. The van der Waals surface area contributed by atoms with E-state index in [2.05, 4.69) is 16.8 Å². The van der Waals surface area contributed by atoms with E-state index in [1.165, 1.54) is 18.4 Å². The van der Waals surface area contributed by atoms with Gasteiger partial charge in [-0.3, -0.25) is 4.79 Å². The topological polar surface area (TPSA) is 49.3 Å². The summed E-state index contributed by atoms with van der Waals surface area (Å²) in [6, 6.07) is 1.15. The standard InChI is InChI=1S/C22H34N4O/c1-15(2)21(27)18-6-4-16(5-7-18)10-17-11-23-22(24-12-17)26-19-8-9-20(26)14-25(3)13-19/h11-12,15-16,18-20H,4-10,13-14H2,1-3H3. The number of fused-ring (bicyclic) bond motifs is 2. The first-order valence-corrected chi connectivity index (χ1v) is 10.8. The summed E-state index contributed by atoms with van der Waals surface area (Å²) >= 11 is 0. The summed E-state index contributed by atoms with van der Waals surface area (Å²) in [5.41, 5.74) is 1.25. The van der Waals surface area contributed by atoms with Gasteiger partial charge in [0, 0.05) is 49.4 Å². The first-order chi connectivity index (χ1) is 13.0. The minimum Gasteiger partial charge on any atom is -0.332 e. The van der Waals surface area contributed by atoms with Crippen LogP contribution in [0.4, 0.5) is 5.95 Å². The first kappa shape index (κ1) is 18.9. The maximum atomic E-state index is 12.2. The minimum atomic E-state index is 0.178. The van der Waals surface area contributed by atoms with Gasteiger partial charge in [-0.15, -0.1) is 0 Å². The lowest BCUT2D eigenvalue weighted by Gasteiger charge is -2.39. The Morgan fingerprint density at radius 1 is 1.04 bits per heavy atom. The molecule has 1 aromatic rings. The first-order valence-electron chi connectivity index (χ1n) is 10.8. The number of carbonyl (C=O) groups is 1. The van der Waals surface area contributed by atoms with E-state index >= 15 is 0 Å². The lowest BCUT2D eigenvalue weighted by Crippen LogP contribution is -2.53. The molecule has 1 aromatic heterocycles. The number of rotatable bonds is 5. The Labute approximate surface area is 163 Å². The van der Waals surface area contributed by atoms with Crippen LogP contribution in [0.25, 0.3) is 0 Å². The number of aromatic nitrogens is 2. The van der Waals surface area contributed by atoms with Crippen molar-refractivity contribution in [3.8, 4) is 0 Å². The molecule has 5 heteroatoms. The summed E-state index contributed by atoms with van der Waals surface area (Å²) in [5, 5.41) is 0. The Balaban J connectivity index is 1.32. The highest BCUT2D eigenvalue weighted by Crippen LogP contribution is 2.34. The summed E-state index contributed by atoms with van der Waals surface area (Å²) in [6.07, 6.45) is 12.1. The molecule has 0 N–H and O–H groups in total. The summed E-state index contributed by atoms with van der Waals surface area (Å²) in [5.74, 6) is 2.54. The zero-order chi connectivity index (χ0) is 19.0. The lowest BCUT2D eigenvalue weighted by atomic mass is 9.76. The van der Waals surface area contributed by atoms with Crippen LogP contribution >= 0.6 is 0 Å². The number of carbonyl (C=O) groups excluding carboxylic acids is 1. The molecule has 1 saturated carbocycles. The van der Waals surface area contributed by atoms with Gasteiger partial charge in [0.2, 0.25) is 5.95 Å². The number of likely N-dealkylation sites (tertiary alicyclic amines) is 1. The number of Topliss-reactive ketones (excluding diaryl/α,β-unsaturated/α-hetero) is 1. The highest BCUT2D eigenvalue weighted by molar-refractivity contribution is 5.82. The van der Waals surface area contributed by atoms with Crippen LogP contribution in [0.5, 0.6) is 0 Å². The summed E-state index contributed by atoms with van der Waals surface area (Å²) in [4.78, 5) is 26.6. The molecule has 4 rings (SSSR count). The van der Waals surface area contributed by atoms with Gasteiger partial charge in [0.05, 0.1) is 0 Å². The van der Waals surface area contributed by atoms with Gasteiger partial charge < -0.3 is 9.80 Å². The maximum Gasteiger partial charge on any atom is 0.225 e. The van der Waals surface area contributed by atoms with Gasteiger partial charge in [-0.05, 0) is 63.5 Å². The second-order valence-electron chi connectivity index (χ2n) is 9.38. The van der Waals surface area contributed by atoms with Crippen LogP contribution in [0.3, 0.4) is 0 Å². The normalized spacial score (nSPS) is 31.5. The molecule has 2 aliphatic heterocycles. The van der Waals surface area contributed by atoms with Crippen LogP contribution in [-0.2, 0) is 11.2 Å². The van der Waals surface area contributed by atoms with E-state index in [1.807, 2.05) is 26.2 Å². The molecule has 2 atom stereocenters. The van der Waals surface area contributed by atoms with Crippen molar-refractivity contribution in [1.29, 1.82) is 0 Å². The van der Waals surface area contributed by atoms with Crippen molar-refractivity contribution in [2.24, 2.45) is 17.8 Å². The van der Waals surface area contributed by atoms with E-state index in [0.717, 1.165) is 51.1 Å². The molecule has 3 aliphatic rings. The fourth-order valence-corrected chi connectivity index (χ4v) is 5.48. The molecule has 3 heterocycles. The Morgan fingerprint density at radius 2 is 1.63 bits per heavy atom. The van der Waals surface area contributed by atoms with Crippen molar-refractivity contribution >= 4 is 11.7 Å². The summed E-state index contributed by atoms with van der Waals surface area (Å²) in [7, 11) is 2.22. The fourth-order valence-electron chi connectivity index (χ4n) is 5.48. The van der Waals surface area contributed by atoms with Gasteiger partial charge >= 0.3 is 0 Å². The molecular weight excluding hydrogens is 336 g/mol. The fraction of sp³-hybridized carbons (Fsp3) is 0.773.